The molecule has 0 aromatic heterocycles. The van der Waals surface area contributed by atoms with Gasteiger partial charge in [-0.2, -0.15) is 0 Å². The lowest BCUT2D eigenvalue weighted by atomic mass is 9.12. The van der Waals surface area contributed by atoms with E-state index in [1.165, 1.54) is 77.0 Å². The summed E-state index contributed by atoms with van der Waals surface area (Å²) in [5.74, 6) is -71.4. The molecule has 0 bridgehead atoms. The number of hydrogen-bond donors (Lipinski definition) is 0. The molecule has 0 aliphatic rings. The van der Waals surface area contributed by atoms with E-state index in [0.717, 1.165) is 0 Å². The number of benzene rings is 4. The van der Waals surface area contributed by atoms with Crippen LogP contribution in [-0.4, -0.2) is 30.8 Å². The Hall–Kier alpha value is -4.03. The predicted molar refractivity (Wildman–Crippen MR) is 214 cm³/mol. The van der Waals surface area contributed by atoms with Crippen LogP contribution in [0.5, 0.6) is 0 Å². The van der Waals surface area contributed by atoms with Gasteiger partial charge in [0.05, 0.1) is 24.6 Å². The maximum Gasteiger partial charge on any atom is 0.200 e. The van der Waals surface area contributed by atoms with Gasteiger partial charge in [-0.3, -0.25) is 0 Å². The largest absolute Gasteiger partial charge is 0.207 e. The van der Waals surface area contributed by atoms with Gasteiger partial charge in [-0.05, 0) is 32.1 Å². The molecule has 66 heavy (non-hydrogen) atoms. The Morgan fingerprint density at radius 1 is 0.227 bits per heavy atom. The zero-order valence-corrected chi connectivity index (χ0v) is 36.8. The van der Waals surface area contributed by atoms with Gasteiger partial charge in [0.1, 0.15) is 52.7 Å². The van der Waals surface area contributed by atoms with Crippen molar-refractivity contribution in [2.75, 3.05) is 24.6 Å². The van der Waals surface area contributed by atoms with Crippen LogP contribution in [0.15, 0.2) is 0 Å². The maximum absolute atomic E-state index is 15.4. The van der Waals surface area contributed by atoms with Gasteiger partial charge in [0.15, 0.2) is 69.8 Å². The first-order valence-electron chi connectivity index (χ1n) is 21.0. The first-order valence-corrected chi connectivity index (χ1v) is 23.6. The summed E-state index contributed by atoms with van der Waals surface area (Å²) in [6.07, 6.45) is 16.8. The van der Waals surface area contributed by atoms with E-state index in [2.05, 4.69) is 27.7 Å². The van der Waals surface area contributed by atoms with E-state index in [0.29, 0.717) is 0 Å². The molecule has 0 heterocycles. The standard InChI is InChI=1S/C24BF20.C20H44P/c26-5-1(6(27)14(35)21(42)13(5)34)25(2-7(28)15(36)22(43)16(37)8(2)29,3-9(30)17(38)23(44)18(39)10(3)31)4-11(32)19(40)24(45)20(41)12(4)33;1-5-9-13-14-15-16-20-21(17-10-6-2,18-11-7-3)19-12-8-4/h;5-20H2,1-4H3/q-1;+1. The van der Waals surface area contributed by atoms with Crippen LogP contribution >= 0.6 is 7.26 Å². The van der Waals surface area contributed by atoms with E-state index < -0.39 is 152 Å². The van der Waals surface area contributed by atoms with E-state index in [1.807, 2.05) is 0 Å². The highest BCUT2D eigenvalue weighted by atomic mass is 31.2. The van der Waals surface area contributed by atoms with Crippen LogP contribution in [0, 0.1) is 116 Å². The number of hydrogen-bond acceptors (Lipinski definition) is 0. The lowest BCUT2D eigenvalue weighted by Crippen LogP contribution is -2.81. The molecule has 0 N–H and O–H groups in total. The molecule has 0 unspecified atom stereocenters. The summed E-state index contributed by atoms with van der Waals surface area (Å²) >= 11 is 0. The second-order valence-corrected chi connectivity index (χ2v) is 20.3. The fraction of sp³-hybridized carbons (Fsp3) is 0.455. The van der Waals surface area contributed by atoms with Gasteiger partial charge >= 0.3 is 0 Å². The third-order valence-electron chi connectivity index (χ3n) is 11.7. The van der Waals surface area contributed by atoms with E-state index >= 15 is 35.1 Å². The zero-order valence-electron chi connectivity index (χ0n) is 35.9. The third kappa shape index (κ3) is 10.6. The monoisotopic (exact) mass is 994 g/mol. The van der Waals surface area contributed by atoms with Crippen molar-refractivity contribution < 1.29 is 87.8 Å². The van der Waals surface area contributed by atoms with E-state index in [1.54, 1.807) is 24.6 Å². The summed E-state index contributed by atoms with van der Waals surface area (Å²) in [6.45, 7) is 9.44. The predicted octanol–water partition coefficient (Wildman–Crippen LogP) is 13.6. The molecule has 0 spiro atoms. The minimum absolute atomic E-state index is 0.601. The zero-order chi connectivity index (χ0) is 50.2. The number of rotatable bonds is 20. The topological polar surface area (TPSA) is 0 Å². The molecule has 0 amide bonds. The minimum Gasteiger partial charge on any atom is -0.207 e. The summed E-state index contributed by atoms with van der Waals surface area (Å²) in [6, 6.07) is 0. The highest BCUT2D eigenvalue weighted by Crippen LogP contribution is 2.61. The second kappa shape index (κ2) is 23.8. The Morgan fingerprint density at radius 3 is 0.606 bits per heavy atom. The first kappa shape index (κ1) is 56.3. The molecule has 22 heteroatoms. The molecule has 0 fully saturated rings. The molecule has 0 saturated carbocycles. The van der Waals surface area contributed by atoms with Crippen molar-refractivity contribution in [3.8, 4) is 0 Å². The first-order chi connectivity index (χ1) is 30.9. The number of unbranched alkanes of at least 4 members (excludes halogenated alkanes) is 8. The molecule has 0 atom stereocenters. The number of halogens is 20. The van der Waals surface area contributed by atoms with Crippen LogP contribution in [0.25, 0.3) is 0 Å². The average molecular weight is 995 g/mol. The van der Waals surface area contributed by atoms with Crippen LogP contribution in [-0.2, 0) is 0 Å². The Kier molecular flexibility index (Phi) is 20.3. The lowest BCUT2D eigenvalue weighted by Gasteiger charge is -2.44. The summed E-state index contributed by atoms with van der Waals surface area (Å²) in [5, 5.41) is 0. The van der Waals surface area contributed by atoms with Gasteiger partial charge in [-0.25, -0.2) is 87.8 Å². The van der Waals surface area contributed by atoms with Crippen molar-refractivity contribution in [1.82, 2.24) is 0 Å². The average Bonchev–Trinajstić information content (AvgIpc) is 3.30. The molecule has 0 aliphatic heterocycles. The minimum atomic E-state index is -7.22. The molecule has 4 aromatic rings. The Labute approximate surface area is 368 Å². The van der Waals surface area contributed by atoms with Crippen LogP contribution in [0.2, 0.25) is 0 Å². The molecular formula is C44H44BF20P. The van der Waals surface area contributed by atoms with Crippen LogP contribution in [0.3, 0.4) is 0 Å². The smallest absolute Gasteiger partial charge is 0.200 e. The maximum atomic E-state index is 15.4. The second-order valence-electron chi connectivity index (χ2n) is 15.9. The van der Waals surface area contributed by atoms with Gasteiger partial charge in [0, 0.05) is 7.26 Å². The molecule has 0 saturated heterocycles. The van der Waals surface area contributed by atoms with Gasteiger partial charge in [0.25, 0.3) is 0 Å². The van der Waals surface area contributed by atoms with E-state index in [-0.39, 0.29) is 0 Å². The van der Waals surface area contributed by atoms with Gasteiger partial charge in [0.2, 0.25) is 0 Å². The Morgan fingerprint density at radius 2 is 0.394 bits per heavy atom. The highest BCUT2D eigenvalue weighted by Gasteiger charge is 2.52. The molecule has 0 aliphatic carbocycles. The molecule has 4 rings (SSSR count). The molecular weight excluding hydrogens is 950 g/mol. The van der Waals surface area contributed by atoms with E-state index in [9.17, 15) is 52.7 Å². The van der Waals surface area contributed by atoms with Gasteiger partial charge in [-0.1, -0.05) is 72.6 Å². The van der Waals surface area contributed by atoms with Gasteiger partial charge in [-0.15, -0.1) is 21.9 Å². The molecule has 0 radical (unpaired) electrons. The van der Waals surface area contributed by atoms with Crippen LogP contribution in [0.1, 0.15) is 105 Å². The van der Waals surface area contributed by atoms with Crippen molar-refractivity contribution in [3.63, 3.8) is 0 Å². The van der Waals surface area contributed by atoms with Crippen LogP contribution in [0.4, 0.5) is 87.8 Å². The van der Waals surface area contributed by atoms with Crippen molar-refractivity contribution in [3.05, 3.63) is 116 Å². The lowest BCUT2D eigenvalue weighted by molar-refractivity contribution is 0.378. The van der Waals surface area contributed by atoms with Crippen molar-refractivity contribution in [2.45, 2.75) is 105 Å². The van der Waals surface area contributed by atoms with Crippen LogP contribution < -0.4 is 21.9 Å². The molecule has 0 nitrogen and oxygen atoms in total. The summed E-state index contributed by atoms with van der Waals surface area (Å²) in [7, 11) is -0.601. The summed E-state index contributed by atoms with van der Waals surface area (Å²) < 4.78 is 294. The van der Waals surface area contributed by atoms with Crippen molar-refractivity contribution in [2.24, 2.45) is 0 Å². The van der Waals surface area contributed by atoms with E-state index in [4.69, 9.17) is 0 Å². The Bertz CT molecular complexity index is 1950. The van der Waals surface area contributed by atoms with Crippen molar-refractivity contribution >= 4 is 35.3 Å². The summed E-state index contributed by atoms with van der Waals surface area (Å²) in [5.41, 5.74) is -14.3. The quantitative estimate of drug-likeness (QED) is 0.0207. The molecule has 368 valence electrons. The van der Waals surface area contributed by atoms with Crippen molar-refractivity contribution in [1.29, 1.82) is 0 Å². The fourth-order valence-electron chi connectivity index (χ4n) is 8.25. The Balaban J connectivity index is 0.000000464. The highest BCUT2D eigenvalue weighted by molar-refractivity contribution is 7.75. The third-order valence-corrected chi connectivity index (χ3v) is 16.7. The molecule has 4 aromatic carbocycles. The SMILES string of the molecule is CCCCCCCC[P+](CCCC)(CCCC)CCCC.Fc1c(F)c(F)c([B-](c2c(F)c(F)c(F)c(F)c2F)(c2c(F)c(F)c(F)c(F)c2F)c2c(F)c(F)c(F)c(F)c2F)c(F)c1F. The summed E-state index contributed by atoms with van der Waals surface area (Å²) in [4.78, 5) is 0. The fourth-order valence-corrected chi connectivity index (χ4v) is 13.5. The van der Waals surface area contributed by atoms with Gasteiger partial charge < -0.3 is 0 Å². The normalized spacial score (nSPS) is 12.0.